The Balaban J connectivity index is 1.74. The highest BCUT2D eigenvalue weighted by molar-refractivity contribution is 7.89. The van der Waals surface area contributed by atoms with E-state index in [0.29, 0.717) is 35.6 Å². The van der Waals surface area contributed by atoms with Crippen LogP contribution in [0.25, 0.3) is 10.9 Å². The second-order valence-corrected chi connectivity index (χ2v) is 9.33. The van der Waals surface area contributed by atoms with Gasteiger partial charge >= 0.3 is 0 Å². The molecule has 0 bridgehead atoms. The van der Waals surface area contributed by atoms with E-state index >= 15 is 0 Å². The van der Waals surface area contributed by atoms with Crippen LogP contribution in [-0.4, -0.2) is 34.4 Å². The van der Waals surface area contributed by atoms with Crippen LogP contribution in [0.2, 0.25) is 0 Å². The fraction of sp³-hybridized carbons (Fsp3) is 0.421. The van der Waals surface area contributed by atoms with Crippen LogP contribution in [0.5, 0.6) is 0 Å². The van der Waals surface area contributed by atoms with Crippen molar-refractivity contribution in [1.82, 2.24) is 19.4 Å². The number of hydrogen-bond donors (Lipinski definition) is 1. The third-order valence-corrected chi connectivity index (χ3v) is 6.99. The number of nitrogens with zero attached hydrogens (tertiary/aromatic N) is 3. The summed E-state index contributed by atoms with van der Waals surface area (Å²) in [4.78, 5) is 19.0. The zero-order valence-electron chi connectivity index (χ0n) is 16.0. The van der Waals surface area contributed by atoms with Gasteiger partial charge in [0, 0.05) is 29.4 Å². The van der Waals surface area contributed by atoms with Gasteiger partial charge in [-0.25, -0.2) is 8.42 Å². The molecule has 1 atom stereocenters. The lowest BCUT2D eigenvalue weighted by atomic mass is 10.1. The van der Waals surface area contributed by atoms with Crippen molar-refractivity contribution < 1.29 is 12.9 Å². The highest BCUT2D eigenvalue weighted by Crippen LogP contribution is 2.36. The number of aromatic nitrogens is 3. The third-order valence-electron chi connectivity index (χ3n) is 5.09. The smallest absolute Gasteiger partial charge is 0.248 e. The molecular weight excluding hydrogens is 380 g/mol. The molecule has 9 heteroatoms. The monoisotopic (exact) mass is 402 g/mol. The standard InChI is InChI=1S/C19H22N4O4S/c1-11(2)18-21-19(27-22-18)16-5-4-8-23(16)28(25,26)13-6-7-15-14(10-13)12(3)9-17(24)20-15/h6-7,9-11,16H,4-5,8H2,1-3H3,(H,20,24)/t16-/m0/s1. The van der Waals surface area contributed by atoms with Gasteiger partial charge in [-0.05, 0) is 43.5 Å². The molecule has 148 valence electrons. The summed E-state index contributed by atoms with van der Waals surface area (Å²) in [5, 5.41) is 4.67. The average molecular weight is 402 g/mol. The molecule has 1 aromatic carbocycles. The van der Waals surface area contributed by atoms with Gasteiger partial charge in [0.1, 0.15) is 6.04 Å². The molecule has 0 spiro atoms. The zero-order valence-corrected chi connectivity index (χ0v) is 16.8. The van der Waals surface area contributed by atoms with Gasteiger partial charge in [-0.2, -0.15) is 9.29 Å². The Morgan fingerprint density at radius 3 is 2.79 bits per heavy atom. The van der Waals surface area contributed by atoms with E-state index in [1.165, 1.54) is 16.4 Å². The minimum absolute atomic E-state index is 0.106. The predicted molar refractivity (Wildman–Crippen MR) is 104 cm³/mol. The van der Waals surface area contributed by atoms with Crippen LogP contribution in [0.15, 0.2) is 38.5 Å². The molecule has 1 fully saturated rings. The molecule has 2 aromatic heterocycles. The van der Waals surface area contributed by atoms with E-state index < -0.39 is 16.1 Å². The average Bonchev–Trinajstić information content (AvgIpc) is 3.30. The SMILES string of the molecule is Cc1cc(=O)[nH]c2ccc(S(=O)(=O)N3CCC[C@H]3c3nc(C(C)C)no3)cc12. The van der Waals surface area contributed by atoms with Crippen molar-refractivity contribution in [1.29, 1.82) is 0 Å². The number of benzene rings is 1. The van der Waals surface area contributed by atoms with Crippen molar-refractivity contribution in [2.24, 2.45) is 0 Å². The molecule has 28 heavy (non-hydrogen) atoms. The van der Waals surface area contributed by atoms with Gasteiger partial charge in [0.15, 0.2) is 5.82 Å². The topological polar surface area (TPSA) is 109 Å². The molecule has 0 saturated carbocycles. The van der Waals surface area contributed by atoms with Crippen LogP contribution in [0.1, 0.15) is 55.9 Å². The molecule has 1 saturated heterocycles. The van der Waals surface area contributed by atoms with Crippen LogP contribution in [0.3, 0.4) is 0 Å². The Morgan fingerprint density at radius 2 is 2.07 bits per heavy atom. The Labute approximate surface area is 162 Å². The normalized spacial score (nSPS) is 18.4. The molecule has 8 nitrogen and oxygen atoms in total. The van der Waals surface area contributed by atoms with Gasteiger partial charge in [-0.1, -0.05) is 19.0 Å². The molecule has 1 aliphatic rings. The van der Waals surface area contributed by atoms with Gasteiger partial charge in [0.25, 0.3) is 0 Å². The number of rotatable bonds is 4. The molecule has 0 radical (unpaired) electrons. The first kappa shape index (κ1) is 18.8. The first-order valence-electron chi connectivity index (χ1n) is 9.26. The molecule has 1 N–H and O–H groups in total. The number of fused-ring (bicyclic) bond motifs is 1. The van der Waals surface area contributed by atoms with Gasteiger partial charge in [0.05, 0.1) is 4.90 Å². The maximum Gasteiger partial charge on any atom is 0.248 e. The molecule has 0 aliphatic carbocycles. The molecule has 3 heterocycles. The predicted octanol–water partition coefficient (Wildman–Crippen LogP) is 2.87. The van der Waals surface area contributed by atoms with Gasteiger partial charge in [-0.3, -0.25) is 4.79 Å². The minimum Gasteiger partial charge on any atom is -0.338 e. The Kier molecular flexibility index (Phi) is 4.59. The van der Waals surface area contributed by atoms with E-state index in [-0.39, 0.29) is 16.4 Å². The molecule has 3 aromatic rings. The summed E-state index contributed by atoms with van der Waals surface area (Å²) in [5.74, 6) is 1.02. The summed E-state index contributed by atoms with van der Waals surface area (Å²) < 4.78 is 33.5. The van der Waals surface area contributed by atoms with E-state index in [1.807, 2.05) is 13.8 Å². The van der Waals surface area contributed by atoms with Crippen LogP contribution >= 0.6 is 0 Å². The molecule has 0 amide bonds. The third kappa shape index (κ3) is 3.14. The first-order chi connectivity index (χ1) is 13.3. The van der Waals surface area contributed by atoms with Gasteiger partial charge in [0.2, 0.25) is 21.5 Å². The largest absolute Gasteiger partial charge is 0.338 e. The zero-order chi connectivity index (χ0) is 20.1. The molecular formula is C19H22N4O4S. The van der Waals surface area contributed by atoms with Crippen molar-refractivity contribution in [3.8, 4) is 0 Å². The Hall–Kier alpha value is -2.52. The number of aryl methyl sites for hydroxylation is 1. The maximum absolute atomic E-state index is 13.3. The lowest BCUT2D eigenvalue weighted by Gasteiger charge is -2.21. The second kappa shape index (κ2) is 6.82. The number of hydrogen-bond acceptors (Lipinski definition) is 6. The summed E-state index contributed by atoms with van der Waals surface area (Å²) in [5.41, 5.74) is 1.13. The van der Waals surface area contributed by atoms with E-state index in [4.69, 9.17) is 4.52 Å². The number of nitrogens with one attached hydrogen (secondary N) is 1. The fourth-order valence-corrected chi connectivity index (χ4v) is 5.27. The van der Waals surface area contributed by atoms with Gasteiger partial charge < -0.3 is 9.51 Å². The van der Waals surface area contributed by atoms with Gasteiger partial charge in [-0.15, -0.1) is 0 Å². The summed E-state index contributed by atoms with van der Waals surface area (Å²) >= 11 is 0. The number of pyridine rings is 1. The molecule has 4 rings (SSSR count). The summed E-state index contributed by atoms with van der Waals surface area (Å²) in [6.45, 7) is 6.10. The molecule has 1 aliphatic heterocycles. The van der Waals surface area contributed by atoms with E-state index in [1.54, 1.807) is 19.1 Å². The van der Waals surface area contributed by atoms with Crippen molar-refractivity contribution in [2.75, 3.05) is 6.54 Å². The summed E-state index contributed by atoms with van der Waals surface area (Å²) in [7, 11) is -3.75. The number of aromatic amines is 1. The van der Waals surface area contributed by atoms with Crippen molar-refractivity contribution in [3.05, 3.63) is 51.9 Å². The number of H-pyrrole nitrogens is 1. The maximum atomic E-state index is 13.3. The van der Waals surface area contributed by atoms with E-state index in [0.717, 1.165) is 12.0 Å². The summed E-state index contributed by atoms with van der Waals surface area (Å²) in [6, 6.07) is 5.76. The number of sulfonamides is 1. The van der Waals surface area contributed by atoms with Crippen LogP contribution < -0.4 is 5.56 Å². The molecule has 0 unspecified atom stereocenters. The van der Waals surface area contributed by atoms with E-state index in [9.17, 15) is 13.2 Å². The Bertz CT molecular complexity index is 1200. The van der Waals surface area contributed by atoms with E-state index in [2.05, 4.69) is 15.1 Å². The van der Waals surface area contributed by atoms with Crippen molar-refractivity contribution in [3.63, 3.8) is 0 Å². The minimum atomic E-state index is -3.75. The quantitative estimate of drug-likeness (QED) is 0.719. The fourth-order valence-electron chi connectivity index (χ4n) is 3.59. The van der Waals surface area contributed by atoms with Crippen LogP contribution in [0.4, 0.5) is 0 Å². The first-order valence-corrected chi connectivity index (χ1v) is 10.7. The highest BCUT2D eigenvalue weighted by Gasteiger charge is 2.39. The van der Waals surface area contributed by atoms with Crippen molar-refractivity contribution in [2.45, 2.75) is 50.5 Å². The summed E-state index contributed by atoms with van der Waals surface area (Å²) in [6.07, 6.45) is 1.36. The van der Waals surface area contributed by atoms with Crippen LogP contribution in [0, 0.1) is 6.92 Å². The Morgan fingerprint density at radius 1 is 1.29 bits per heavy atom. The second-order valence-electron chi connectivity index (χ2n) is 7.44. The van der Waals surface area contributed by atoms with Crippen LogP contribution in [-0.2, 0) is 10.0 Å². The van der Waals surface area contributed by atoms with Crippen molar-refractivity contribution >= 4 is 20.9 Å². The highest BCUT2D eigenvalue weighted by atomic mass is 32.2. The lowest BCUT2D eigenvalue weighted by molar-refractivity contribution is 0.289. The lowest BCUT2D eigenvalue weighted by Crippen LogP contribution is -2.31.